The Morgan fingerprint density at radius 3 is 2.58 bits per heavy atom. The molecule has 5 atom stereocenters. The van der Waals surface area contributed by atoms with Crippen molar-refractivity contribution in [2.75, 3.05) is 47.7 Å². The predicted octanol–water partition coefficient (Wildman–Crippen LogP) is 6.14. The SMILES string of the molecule is CNCO[C@@H]1Cc2c3c(c4c(c2O[C@@H]1c1cc(CCCO)c(O)c(OC)c1)CC[C@H](CO)O4)-c1ccc(O)c2c1[C@H](C3)[C@@H](c1ccc3[nH]ccc3c1)C(CNC)=C2. The summed E-state index contributed by atoms with van der Waals surface area (Å²) in [5.74, 6) is 2.18. The summed E-state index contributed by atoms with van der Waals surface area (Å²) in [7, 11) is 5.35. The number of benzene rings is 4. The molecule has 0 bridgehead atoms. The molecule has 4 aromatic carbocycles. The second kappa shape index (κ2) is 15.4. The van der Waals surface area contributed by atoms with Gasteiger partial charge in [0.2, 0.25) is 0 Å². The van der Waals surface area contributed by atoms with E-state index in [1.807, 2.05) is 38.5 Å². The van der Waals surface area contributed by atoms with Crippen LogP contribution in [0.25, 0.3) is 28.1 Å². The van der Waals surface area contributed by atoms with Gasteiger partial charge in [0.15, 0.2) is 17.6 Å². The van der Waals surface area contributed by atoms with Crippen molar-refractivity contribution in [1.82, 2.24) is 15.6 Å². The maximum atomic E-state index is 11.5. The molecule has 0 saturated carbocycles. The van der Waals surface area contributed by atoms with Gasteiger partial charge < -0.3 is 49.7 Å². The van der Waals surface area contributed by atoms with Gasteiger partial charge in [0, 0.05) is 59.5 Å². The first kappa shape index (κ1) is 37.5. The van der Waals surface area contributed by atoms with Crippen molar-refractivity contribution in [1.29, 1.82) is 0 Å². The van der Waals surface area contributed by atoms with Gasteiger partial charge >= 0.3 is 0 Å². The molecule has 11 heteroatoms. The largest absolute Gasteiger partial charge is 0.507 e. The summed E-state index contributed by atoms with van der Waals surface area (Å²) in [6.07, 6.45) is 6.31. The zero-order valence-electron chi connectivity index (χ0n) is 32.7. The van der Waals surface area contributed by atoms with E-state index in [4.69, 9.17) is 18.9 Å². The normalized spacial score (nSPS) is 21.8. The number of H-pyrrole nitrogens is 1. The summed E-state index contributed by atoms with van der Waals surface area (Å²) < 4.78 is 26.3. The van der Waals surface area contributed by atoms with Crippen LogP contribution in [0.3, 0.4) is 0 Å². The summed E-state index contributed by atoms with van der Waals surface area (Å²) in [5, 5.41) is 50.3. The van der Waals surface area contributed by atoms with Crippen molar-refractivity contribution in [3.8, 4) is 39.9 Å². The van der Waals surface area contributed by atoms with Gasteiger partial charge in [-0.25, -0.2) is 0 Å². The number of aryl methyl sites for hydroxylation is 1. The lowest BCUT2D eigenvalue weighted by Crippen LogP contribution is -2.38. The molecule has 0 amide bonds. The minimum Gasteiger partial charge on any atom is -0.507 e. The first-order valence-electron chi connectivity index (χ1n) is 20.1. The highest BCUT2D eigenvalue weighted by Gasteiger charge is 2.45. The van der Waals surface area contributed by atoms with Crippen molar-refractivity contribution in [2.24, 2.45) is 0 Å². The number of ether oxygens (including phenoxy) is 4. The number of methoxy groups -OCH3 is 1. The molecule has 9 rings (SSSR count). The zero-order valence-corrected chi connectivity index (χ0v) is 32.7. The molecule has 3 heterocycles. The van der Waals surface area contributed by atoms with Crippen molar-refractivity contribution >= 4 is 17.0 Å². The van der Waals surface area contributed by atoms with Gasteiger partial charge in [-0.05, 0) is 139 Å². The van der Waals surface area contributed by atoms with E-state index in [2.05, 4.69) is 46.0 Å². The molecule has 0 saturated heterocycles. The molecule has 2 aliphatic carbocycles. The fraction of sp³-hybridized carbons (Fsp3) is 0.391. The van der Waals surface area contributed by atoms with Crippen LogP contribution in [-0.4, -0.2) is 85.3 Å². The third-order valence-corrected chi connectivity index (χ3v) is 12.5. The molecule has 0 fully saturated rings. The number of rotatable bonds is 12. The Morgan fingerprint density at radius 2 is 1.79 bits per heavy atom. The monoisotopic (exact) mass is 773 g/mol. The van der Waals surface area contributed by atoms with E-state index in [9.17, 15) is 20.4 Å². The molecular weight excluding hydrogens is 723 g/mol. The molecule has 5 aromatic rings. The quantitative estimate of drug-likeness (QED) is 0.0735. The summed E-state index contributed by atoms with van der Waals surface area (Å²) >= 11 is 0. The molecule has 0 radical (unpaired) electrons. The van der Waals surface area contributed by atoms with Crippen LogP contribution in [0.15, 0.2) is 60.3 Å². The molecule has 7 N–H and O–H groups in total. The fourth-order valence-corrected chi connectivity index (χ4v) is 9.96. The Bertz CT molecular complexity index is 2370. The van der Waals surface area contributed by atoms with Crippen LogP contribution in [0.1, 0.15) is 75.3 Å². The van der Waals surface area contributed by atoms with Crippen molar-refractivity contribution in [2.45, 2.75) is 68.7 Å². The van der Waals surface area contributed by atoms with E-state index in [-0.39, 0.29) is 42.7 Å². The highest BCUT2D eigenvalue weighted by molar-refractivity contribution is 5.90. The molecule has 298 valence electrons. The van der Waals surface area contributed by atoms with Crippen LogP contribution in [0, 0.1) is 0 Å². The number of likely N-dealkylation sites (N-methyl/N-ethyl adjacent to an activating group) is 1. The summed E-state index contributed by atoms with van der Waals surface area (Å²) in [6.45, 7) is 0.858. The maximum Gasteiger partial charge on any atom is 0.161 e. The average Bonchev–Trinajstić information content (AvgIpc) is 3.71. The average molecular weight is 774 g/mol. The van der Waals surface area contributed by atoms with E-state index in [1.165, 1.54) is 18.2 Å². The Hall–Kier alpha value is -5.04. The predicted molar refractivity (Wildman–Crippen MR) is 219 cm³/mol. The number of hydrogen-bond donors (Lipinski definition) is 7. The number of aromatic hydroxyl groups is 2. The van der Waals surface area contributed by atoms with Crippen molar-refractivity contribution < 1.29 is 39.4 Å². The Labute approximate surface area is 332 Å². The summed E-state index contributed by atoms with van der Waals surface area (Å²) in [5.41, 5.74) is 12.2. The smallest absolute Gasteiger partial charge is 0.161 e. The minimum absolute atomic E-state index is 0.00165. The van der Waals surface area contributed by atoms with E-state index in [1.54, 1.807) is 6.07 Å². The van der Waals surface area contributed by atoms with Gasteiger partial charge in [0.1, 0.15) is 29.5 Å². The first-order valence-corrected chi connectivity index (χ1v) is 20.1. The Morgan fingerprint density at radius 1 is 0.912 bits per heavy atom. The van der Waals surface area contributed by atoms with Crippen LogP contribution in [0.4, 0.5) is 0 Å². The number of aromatic nitrogens is 1. The molecule has 1 aromatic heterocycles. The van der Waals surface area contributed by atoms with Gasteiger partial charge in [-0.15, -0.1) is 0 Å². The van der Waals surface area contributed by atoms with Crippen LogP contribution in [-0.2, 0) is 30.4 Å². The number of fused-ring (bicyclic) bond motifs is 8. The summed E-state index contributed by atoms with van der Waals surface area (Å²) in [4.78, 5) is 3.34. The molecule has 57 heavy (non-hydrogen) atoms. The van der Waals surface area contributed by atoms with Gasteiger partial charge in [-0.1, -0.05) is 12.1 Å². The molecule has 0 unspecified atom stereocenters. The van der Waals surface area contributed by atoms with E-state index in [0.29, 0.717) is 63.1 Å². The van der Waals surface area contributed by atoms with E-state index >= 15 is 0 Å². The molecule has 0 spiro atoms. The Balaban J connectivity index is 1.25. The molecule has 4 aliphatic rings. The highest BCUT2D eigenvalue weighted by Crippen LogP contribution is 2.60. The summed E-state index contributed by atoms with van der Waals surface area (Å²) in [6, 6.07) is 16.4. The van der Waals surface area contributed by atoms with Gasteiger partial charge in [0.25, 0.3) is 0 Å². The maximum absolute atomic E-state index is 11.5. The van der Waals surface area contributed by atoms with Gasteiger partial charge in [0.05, 0.1) is 20.4 Å². The van der Waals surface area contributed by atoms with Crippen molar-refractivity contribution in [3.05, 3.63) is 105 Å². The minimum atomic E-state index is -0.550. The lowest BCUT2D eigenvalue weighted by Gasteiger charge is -2.44. The first-order chi connectivity index (χ1) is 27.9. The lowest BCUT2D eigenvalue weighted by molar-refractivity contribution is -0.0436. The second-order valence-electron chi connectivity index (χ2n) is 15.8. The fourth-order valence-electron chi connectivity index (χ4n) is 9.96. The van der Waals surface area contributed by atoms with Crippen LogP contribution >= 0.6 is 0 Å². The number of phenolic OH excluding ortho intramolecular Hbond substituents is 2. The third kappa shape index (κ3) is 6.33. The number of phenols is 2. The zero-order chi connectivity index (χ0) is 39.4. The standard InChI is InChI=1S/C46H51N3O8/c1-47-21-28-17-34-37(52)11-9-30-41(34)35(40(28)25-6-10-36-24(15-25)12-13-49-36)19-32-33-20-39(55-23-48-2)44(27-16-26(5-4-14-50)43(53)38(18-27)54-3)57-45(33)31-8-7-29(22-51)56-46(31)42(30)32/h6,9-13,15-18,29,35,39-40,44,47-53H,4-5,7-8,14,19-23H2,1-3H3/t29-,35-,39-,40+,44-/m1/s1. The van der Waals surface area contributed by atoms with Gasteiger partial charge in [-0.2, -0.15) is 0 Å². The molecular formula is C46H51N3O8. The van der Waals surface area contributed by atoms with E-state index in [0.717, 1.165) is 66.9 Å². The number of aliphatic hydroxyl groups is 2. The Kier molecular flexibility index (Phi) is 10.1. The lowest BCUT2D eigenvalue weighted by atomic mass is 9.63. The molecule has 11 nitrogen and oxygen atoms in total. The van der Waals surface area contributed by atoms with Crippen molar-refractivity contribution in [3.63, 3.8) is 0 Å². The van der Waals surface area contributed by atoms with Crippen LogP contribution in [0.2, 0.25) is 0 Å². The number of nitrogens with one attached hydrogen (secondary N) is 3. The second-order valence-corrected chi connectivity index (χ2v) is 15.8. The van der Waals surface area contributed by atoms with E-state index < -0.39 is 12.2 Å². The molecule has 2 aliphatic heterocycles. The number of aromatic amines is 1. The highest BCUT2D eigenvalue weighted by atomic mass is 16.6. The van der Waals surface area contributed by atoms with Gasteiger partial charge in [-0.3, -0.25) is 5.32 Å². The topological polar surface area (TPSA) is 158 Å². The third-order valence-electron chi connectivity index (χ3n) is 12.5. The van der Waals surface area contributed by atoms with Crippen LogP contribution < -0.4 is 24.8 Å². The number of aliphatic hydroxyl groups excluding tert-OH is 2. The van der Waals surface area contributed by atoms with Crippen LogP contribution in [0.5, 0.6) is 28.7 Å². The number of hydrogen-bond acceptors (Lipinski definition) is 10.